The second-order valence-corrected chi connectivity index (χ2v) is 6.57. The van der Waals surface area contributed by atoms with Crippen LogP contribution in [-0.2, 0) is 4.84 Å². The Morgan fingerprint density at radius 3 is 2.73 bits per heavy atom. The normalized spacial score (nSPS) is 10.6. The van der Waals surface area contributed by atoms with Gasteiger partial charge in [0, 0.05) is 16.8 Å². The molecular weight excluding hydrogens is 431 g/mol. The fourth-order valence-electron chi connectivity index (χ4n) is 2.32. The highest BCUT2D eigenvalue weighted by atomic mass is 35.5. The first kappa shape index (κ1) is 21.2. The van der Waals surface area contributed by atoms with E-state index in [9.17, 15) is 4.79 Å². The summed E-state index contributed by atoms with van der Waals surface area (Å²) in [6.45, 7) is 0. The number of nitrogens with two attached hydrogens (primary N) is 1. The summed E-state index contributed by atoms with van der Waals surface area (Å²) in [6.07, 6.45) is 2.59. The predicted molar refractivity (Wildman–Crippen MR) is 117 cm³/mol. The molecule has 0 bridgehead atoms. The number of nitrogens with one attached hydrogen (secondary N) is 2. The molecule has 0 atom stereocenters. The third kappa shape index (κ3) is 5.49. The van der Waals surface area contributed by atoms with Gasteiger partial charge in [0.25, 0.3) is 0 Å². The second-order valence-electron chi connectivity index (χ2n) is 5.73. The monoisotopic (exact) mass is 446 g/mol. The van der Waals surface area contributed by atoms with E-state index in [1.807, 2.05) is 0 Å². The molecule has 11 heteroatoms. The average Bonchev–Trinajstić information content (AvgIpc) is 2.70. The smallest absolute Gasteiger partial charge is 0.323 e. The lowest BCUT2D eigenvalue weighted by atomic mass is 10.3. The van der Waals surface area contributed by atoms with Gasteiger partial charge < -0.3 is 25.9 Å². The first-order valence-electron chi connectivity index (χ1n) is 8.44. The number of halogens is 2. The molecule has 0 saturated carbocycles. The van der Waals surface area contributed by atoms with Gasteiger partial charge in [0.1, 0.15) is 30.6 Å². The summed E-state index contributed by atoms with van der Waals surface area (Å²) in [5.41, 5.74) is 7.10. The number of hydrogen-bond acceptors (Lipinski definition) is 7. The van der Waals surface area contributed by atoms with Gasteiger partial charge in [0.05, 0.1) is 16.9 Å². The topological polar surface area (TPSA) is 124 Å². The highest BCUT2D eigenvalue weighted by Crippen LogP contribution is 2.31. The number of nitrogens with zero attached hydrogens (tertiary/aromatic N) is 3. The Kier molecular flexibility index (Phi) is 6.89. The fourth-order valence-corrected chi connectivity index (χ4v) is 2.73. The number of urea groups is 1. The Hall–Kier alpha value is -3.56. The van der Waals surface area contributed by atoms with Crippen LogP contribution in [-0.4, -0.2) is 29.3 Å². The maximum Gasteiger partial charge on any atom is 0.323 e. The van der Waals surface area contributed by atoms with E-state index in [4.69, 9.17) is 33.7 Å². The number of amides is 2. The van der Waals surface area contributed by atoms with Crippen molar-refractivity contribution in [1.82, 2.24) is 9.97 Å². The Morgan fingerprint density at radius 1 is 1.17 bits per heavy atom. The molecule has 0 unspecified atom stereocenters. The zero-order valence-electron chi connectivity index (χ0n) is 15.6. The molecule has 0 spiro atoms. The summed E-state index contributed by atoms with van der Waals surface area (Å²) >= 11 is 12.2. The number of oxime groups is 1. The standard InChI is InChI=1S/C19H16Cl2N6O3/c1-29-25-9-14-17(22)23-10-24-18(14)30-13-5-6-16(15(21)8-13)27-19(28)26-12-4-2-3-11(20)7-12/h2-10H,1H3,(H2,22,23,24)(H2,26,27,28)/b25-9+. The van der Waals surface area contributed by atoms with E-state index in [1.54, 1.807) is 36.4 Å². The van der Waals surface area contributed by atoms with Crippen molar-refractivity contribution in [1.29, 1.82) is 0 Å². The van der Waals surface area contributed by atoms with Crippen LogP contribution in [0.4, 0.5) is 22.0 Å². The molecule has 3 aromatic rings. The van der Waals surface area contributed by atoms with Crippen molar-refractivity contribution in [2.45, 2.75) is 0 Å². The van der Waals surface area contributed by atoms with Crippen LogP contribution in [0.1, 0.15) is 5.56 Å². The van der Waals surface area contributed by atoms with Crippen LogP contribution in [0.15, 0.2) is 53.9 Å². The number of rotatable bonds is 6. The van der Waals surface area contributed by atoms with E-state index in [0.29, 0.717) is 27.7 Å². The molecule has 0 aliphatic heterocycles. The number of anilines is 3. The van der Waals surface area contributed by atoms with Crippen LogP contribution in [0.5, 0.6) is 11.6 Å². The first-order valence-corrected chi connectivity index (χ1v) is 9.20. The van der Waals surface area contributed by atoms with Crippen LogP contribution < -0.4 is 21.1 Å². The van der Waals surface area contributed by atoms with Crippen molar-refractivity contribution >= 4 is 52.6 Å². The maximum absolute atomic E-state index is 12.2. The number of aromatic nitrogens is 2. The third-order valence-corrected chi connectivity index (χ3v) is 4.20. The van der Waals surface area contributed by atoms with Crippen LogP contribution >= 0.6 is 23.2 Å². The van der Waals surface area contributed by atoms with Gasteiger partial charge in [-0.05, 0) is 30.3 Å². The summed E-state index contributed by atoms with van der Waals surface area (Å²) in [6, 6.07) is 11.0. The van der Waals surface area contributed by atoms with Gasteiger partial charge in [-0.1, -0.05) is 34.4 Å². The molecule has 0 aliphatic carbocycles. The quantitative estimate of drug-likeness (QED) is 0.369. The molecule has 1 aromatic heterocycles. The second kappa shape index (κ2) is 9.77. The molecule has 4 N–H and O–H groups in total. The molecule has 3 rings (SSSR count). The molecule has 2 aromatic carbocycles. The molecule has 0 fully saturated rings. The molecule has 9 nitrogen and oxygen atoms in total. The molecular formula is C19H16Cl2N6O3. The summed E-state index contributed by atoms with van der Waals surface area (Å²) in [5.74, 6) is 0.701. The van der Waals surface area contributed by atoms with Gasteiger partial charge in [0.15, 0.2) is 0 Å². The predicted octanol–water partition coefficient (Wildman–Crippen LogP) is 4.78. The molecule has 0 radical (unpaired) electrons. The third-order valence-electron chi connectivity index (χ3n) is 3.65. The Labute approximate surface area is 181 Å². The zero-order chi connectivity index (χ0) is 21.5. The van der Waals surface area contributed by atoms with E-state index in [0.717, 1.165) is 0 Å². The fraction of sp³-hybridized carbons (Fsp3) is 0.0526. The summed E-state index contributed by atoms with van der Waals surface area (Å²) in [7, 11) is 1.39. The summed E-state index contributed by atoms with van der Waals surface area (Å²) in [5, 5.41) is 9.73. The molecule has 0 saturated heterocycles. The van der Waals surface area contributed by atoms with E-state index in [-0.39, 0.29) is 16.7 Å². The van der Waals surface area contributed by atoms with Crippen molar-refractivity contribution in [3.05, 3.63) is 64.4 Å². The van der Waals surface area contributed by atoms with Crippen molar-refractivity contribution in [3.63, 3.8) is 0 Å². The Morgan fingerprint density at radius 2 is 2.00 bits per heavy atom. The lowest BCUT2D eigenvalue weighted by molar-refractivity contribution is 0.215. The van der Waals surface area contributed by atoms with E-state index in [2.05, 4.69) is 30.6 Å². The Bertz CT molecular complexity index is 1090. The maximum atomic E-state index is 12.2. The van der Waals surface area contributed by atoms with Gasteiger partial charge in [-0.25, -0.2) is 14.8 Å². The highest BCUT2D eigenvalue weighted by Gasteiger charge is 2.12. The average molecular weight is 447 g/mol. The van der Waals surface area contributed by atoms with Gasteiger partial charge in [-0.15, -0.1) is 0 Å². The zero-order valence-corrected chi connectivity index (χ0v) is 17.1. The number of nitrogen functional groups attached to an aromatic ring is 1. The van der Waals surface area contributed by atoms with E-state index < -0.39 is 6.03 Å². The minimum absolute atomic E-state index is 0.166. The molecule has 154 valence electrons. The van der Waals surface area contributed by atoms with Gasteiger partial charge in [-0.3, -0.25) is 0 Å². The van der Waals surface area contributed by atoms with Crippen LogP contribution in [0.2, 0.25) is 10.0 Å². The summed E-state index contributed by atoms with van der Waals surface area (Å²) in [4.78, 5) is 24.8. The van der Waals surface area contributed by atoms with E-state index >= 15 is 0 Å². The van der Waals surface area contributed by atoms with Crippen LogP contribution in [0.25, 0.3) is 0 Å². The number of carbonyl (C=O) groups is 1. The van der Waals surface area contributed by atoms with E-state index in [1.165, 1.54) is 25.7 Å². The lowest BCUT2D eigenvalue weighted by Crippen LogP contribution is -2.19. The molecule has 30 heavy (non-hydrogen) atoms. The molecule has 1 heterocycles. The highest BCUT2D eigenvalue weighted by molar-refractivity contribution is 6.34. The van der Waals surface area contributed by atoms with Crippen molar-refractivity contribution in [2.24, 2.45) is 5.16 Å². The SMILES string of the molecule is CO/N=C/c1c(N)ncnc1Oc1ccc(NC(=O)Nc2cccc(Cl)c2)c(Cl)c1. The number of benzene rings is 2. The van der Waals surface area contributed by atoms with Crippen molar-refractivity contribution < 1.29 is 14.4 Å². The minimum Gasteiger partial charge on any atom is -0.438 e. The lowest BCUT2D eigenvalue weighted by Gasteiger charge is -2.12. The van der Waals surface area contributed by atoms with Crippen molar-refractivity contribution in [3.8, 4) is 11.6 Å². The largest absolute Gasteiger partial charge is 0.438 e. The number of ether oxygens (including phenoxy) is 1. The Balaban J connectivity index is 1.72. The van der Waals surface area contributed by atoms with Gasteiger partial charge >= 0.3 is 6.03 Å². The summed E-state index contributed by atoms with van der Waals surface area (Å²) < 4.78 is 5.73. The van der Waals surface area contributed by atoms with Crippen LogP contribution in [0.3, 0.4) is 0 Å². The van der Waals surface area contributed by atoms with Gasteiger partial charge in [0.2, 0.25) is 5.88 Å². The molecule has 2 amide bonds. The van der Waals surface area contributed by atoms with Gasteiger partial charge in [-0.2, -0.15) is 0 Å². The van der Waals surface area contributed by atoms with Crippen molar-refractivity contribution in [2.75, 3.05) is 23.5 Å². The first-order chi connectivity index (χ1) is 14.5. The van der Waals surface area contributed by atoms with Crippen LogP contribution in [0, 0.1) is 0 Å². The number of carbonyl (C=O) groups excluding carboxylic acids is 1. The number of hydrogen-bond donors (Lipinski definition) is 3. The molecule has 0 aliphatic rings. The minimum atomic E-state index is -0.477.